The van der Waals surface area contributed by atoms with Gasteiger partial charge in [0.05, 0.1) is 10.6 Å². The number of aromatic hydroxyl groups is 1. The van der Waals surface area contributed by atoms with Crippen molar-refractivity contribution >= 4 is 15.7 Å². The van der Waals surface area contributed by atoms with Crippen molar-refractivity contribution in [1.29, 1.82) is 0 Å². The third kappa shape index (κ3) is 2.68. The zero-order valence-corrected chi connectivity index (χ0v) is 10.9. The van der Waals surface area contributed by atoms with Crippen LogP contribution >= 0.6 is 0 Å². The molecule has 0 aliphatic carbocycles. The number of anilines is 1. The summed E-state index contributed by atoms with van der Waals surface area (Å²) < 4.78 is 38.7. The molecule has 0 amide bonds. The van der Waals surface area contributed by atoms with E-state index in [0.717, 1.165) is 10.4 Å². The van der Waals surface area contributed by atoms with E-state index in [2.05, 4.69) is 0 Å². The molecule has 0 spiro atoms. The van der Waals surface area contributed by atoms with Crippen molar-refractivity contribution in [3.8, 4) is 5.75 Å². The van der Waals surface area contributed by atoms with Gasteiger partial charge in [0.25, 0.3) is 10.0 Å². The van der Waals surface area contributed by atoms with Crippen LogP contribution in [0.1, 0.15) is 0 Å². The SMILES string of the molecule is CN(c1ccc(O)cc1)S(=O)(=O)c1cccc(F)c1. The van der Waals surface area contributed by atoms with Crippen molar-refractivity contribution in [2.75, 3.05) is 11.4 Å². The van der Waals surface area contributed by atoms with Crippen LogP contribution < -0.4 is 4.31 Å². The Labute approximate surface area is 110 Å². The van der Waals surface area contributed by atoms with Gasteiger partial charge in [-0.05, 0) is 42.5 Å². The number of phenolic OH excluding ortho intramolecular Hbond substituents is 1. The van der Waals surface area contributed by atoms with Gasteiger partial charge >= 0.3 is 0 Å². The van der Waals surface area contributed by atoms with E-state index in [1.807, 2.05) is 0 Å². The summed E-state index contributed by atoms with van der Waals surface area (Å²) in [5.41, 5.74) is 0.377. The summed E-state index contributed by atoms with van der Waals surface area (Å²) in [6, 6.07) is 10.5. The molecule has 2 rings (SSSR count). The Hall–Kier alpha value is -2.08. The van der Waals surface area contributed by atoms with Crippen molar-refractivity contribution in [2.24, 2.45) is 0 Å². The average Bonchev–Trinajstić information content (AvgIpc) is 2.39. The molecule has 0 unspecified atom stereocenters. The van der Waals surface area contributed by atoms with E-state index >= 15 is 0 Å². The molecule has 0 bridgehead atoms. The van der Waals surface area contributed by atoms with Crippen molar-refractivity contribution in [1.82, 2.24) is 0 Å². The van der Waals surface area contributed by atoms with Crippen LogP contribution in [0.5, 0.6) is 5.75 Å². The lowest BCUT2D eigenvalue weighted by molar-refractivity contribution is 0.475. The van der Waals surface area contributed by atoms with E-state index in [-0.39, 0.29) is 10.6 Å². The Bertz CT molecular complexity index is 683. The third-order valence-electron chi connectivity index (χ3n) is 2.67. The lowest BCUT2D eigenvalue weighted by Crippen LogP contribution is -2.26. The van der Waals surface area contributed by atoms with E-state index in [1.54, 1.807) is 0 Å². The Morgan fingerprint density at radius 1 is 1.11 bits per heavy atom. The molecule has 0 atom stereocenters. The van der Waals surface area contributed by atoms with E-state index in [9.17, 15) is 17.9 Å². The first kappa shape index (κ1) is 13.4. The Morgan fingerprint density at radius 2 is 1.74 bits per heavy atom. The second kappa shape index (κ2) is 4.89. The van der Waals surface area contributed by atoms with Gasteiger partial charge < -0.3 is 5.11 Å². The molecule has 1 N–H and O–H groups in total. The normalized spacial score (nSPS) is 11.3. The molecule has 100 valence electrons. The van der Waals surface area contributed by atoms with Gasteiger partial charge in [0.2, 0.25) is 0 Å². The average molecular weight is 281 g/mol. The Morgan fingerprint density at radius 3 is 2.32 bits per heavy atom. The highest BCUT2D eigenvalue weighted by atomic mass is 32.2. The second-order valence-corrected chi connectivity index (χ2v) is 5.92. The quantitative estimate of drug-likeness (QED) is 0.939. The summed E-state index contributed by atoms with van der Waals surface area (Å²) in [6.07, 6.45) is 0. The zero-order valence-electron chi connectivity index (χ0n) is 10.1. The second-order valence-electron chi connectivity index (χ2n) is 3.95. The lowest BCUT2D eigenvalue weighted by Gasteiger charge is -2.19. The molecule has 19 heavy (non-hydrogen) atoms. The molecule has 0 radical (unpaired) electrons. The molecule has 0 aliphatic rings. The standard InChI is InChI=1S/C13H12FNO3S/c1-15(11-5-7-12(16)8-6-11)19(17,18)13-4-2-3-10(14)9-13/h2-9,16H,1H3. The summed E-state index contributed by atoms with van der Waals surface area (Å²) in [6.45, 7) is 0. The first-order valence-corrected chi connectivity index (χ1v) is 6.89. The summed E-state index contributed by atoms with van der Waals surface area (Å²) in [4.78, 5) is -0.122. The number of hydrogen-bond acceptors (Lipinski definition) is 3. The van der Waals surface area contributed by atoms with Crippen LogP contribution in [0.3, 0.4) is 0 Å². The van der Waals surface area contributed by atoms with Gasteiger partial charge in [-0.1, -0.05) is 6.07 Å². The highest BCUT2D eigenvalue weighted by Crippen LogP contribution is 2.24. The monoisotopic (exact) mass is 281 g/mol. The van der Waals surface area contributed by atoms with Crippen molar-refractivity contribution in [2.45, 2.75) is 4.90 Å². The predicted octanol–water partition coefficient (Wildman–Crippen LogP) is 2.36. The number of phenols is 1. The number of nitrogens with zero attached hydrogens (tertiary/aromatic N) is 1. The molecule has 0 aromatic heterocycles. The van der Waals surface area contributed by atoms with Crippen LogP contribution in [-0.2, 0) is 10.0 Å². The van der Waals surface area contributed by atoms with Gasteiger partial charge in [-0.3, -0.25) is 4.31 Å². The zero-order chi connectivity index (χ0) is 14.0. The molecular formula is C13H12FNO3S. The minimum Gasteiger partial charge on any atom is -0.508 e. The van der Waals surface area contributed by atoms with Crippen molar-refractivity contribution in [3.05, 3.63) is 54.3 Å². The molecule has 0 saturated carbocycles. The molecule has 0 fully saturated rings. The highest BCUT2D eigenvalue weighted by molar-refractivity contribution is 7.92. The minimum absolute atomic E-state index is 0.0419. The van der Waals surface area contributed by atoms with Crippen LogP contribution in [0, 0.1) is 5.82 Å². The first-order valence-electron chi connectivity index (χ1n) is 5.45. The maximum absolute atomic E-state index is 13.1. The topological polar surface area (TPSA) is 57.6 Å². The fourth-order valence-electron chi connectivity index (χ4n) is 1.59. The molecule has 6 heteroatoms. The van der Waals surface area contributed by atoms with E-state index in [0.29, 0.717) is 5.69 Å². The van der Waals surface area contributed by atoms with Crippen molar-refractivity contribution < 1.29 is 17.9 Å². The van der Waals surface area contributed by atoms with Gasteiger partial charge in [0, 0.05) is 7.05 Å². The van der Waals surface area contributed by atoms with Crippen LogP contribution in [0.4, 0.5) is 10.1 Å². The number of rotatable bonds is 3. The van der Waals surface area contributed by atoms with E-state index in [1.165, 1.54) is 49.5 Å². The number of halogens is 1. The summed E-state index contributed by atoms with van der Waals surface area (Å²) >= 11 is 0. The third-order valence-corrected chi connectivity index (χ3v) is 4.45. The largest absolute Gasteiger partial charge is 0.508 e. The van der Waals surface area contributed by atoms with E-state index < -0.39 is 15.8 Å². The smallest absolute Gasteiger partial charge is 0.264 e. The Kier molecular flexibility index (Phi) is 3.44. The van der Waals surface area contributed by atoms with Gasteiger partial charge in [0.15, 0.2) is 0 Å². The van der Waals surface area contributed by atoms with Gasteiger partial charge in [0.1, 0.15) is 11.6 Å². The van der Waals surface area contributed by atoms with Crippen LogP contribution in [0.2, 0.25) is 0 Å². The summed E-state index contributed by atoms with van der Waals surface area (Å²) in [5.74, 6) is -0.569. The van der Waals surface area contributed by atoms with Crippen LogP contribution in [0.25, 0.3) is 0 Å². The van der Waals surface area contributed by atoms with E-state index in [4.69, 9.17) is 0 Å². The molecular weight excluding hydrogens is 269 g/mol. The molecule has 0 heterocycles. The maximum Gasteiger partial charge on any atom is 0.264 e. The fourth-order valence-corrected chi connectivity index (χ4v) is 2.81. The van der Waals surface area contributed by atoms with Gasteiger partial charge in [-0.15, -0.1) is 0 Å². The van der Waals surface area contributed by atoms with Gasteiger partial charge in [-0.25, -0.2) is 12.8 Å². The molecule has 4 nitrogen and oxygen atoms in total. The first-order chi connectivity index (χ1) is 8.91. The predicted molar refractivity (Wildman–Crippen MR) is 70.1 cm³/mol. The van der Waals surface area contributed by atoms with Gasteiger partial charge in [-0.2, -0.15) is 0 Å². The highest BCUT2D eigenvalue weighted by Gasteiger charge is 2.21. The number of benzene rings is 2. The van der Waals surface area contributed by atoms with Crippen LogP contribution in [0.15, 0.2) is 53.4 Å². The number of hydrogen-bond donors (Lipinski definition) is 1. The summed E-state index contributed by atoms with van der Waals surface area (Å²) in [5, 5.41) is 9.18. The molecule has 2 aromatic carbocycles. The Balaban J connectivity index is 2.42. The maximum atomic E-state index is 13.1. The fraction of sp³-hybridized carbons (Fsp3) is 0.0769. The number of sulfonamides is 1. The lowest BCUT2D eigenvalue weighted by atomic mass is 10.3. The van der Waals surface area contributed by atoms with Crippen LogP contribution in [-0.4, -0.2) is 20.6 Å². The molecule has 0 aliphatic heterocycles. The summed E-state index contributed by atoms with van der Waals surface area (Å²) in [7, 11) is -2.45. The van der Waals surface area contributed by atoms with Crippen molar-refractivity contribution in [3.63, 3.8) is 0 Å². The molecule has 2 aromatic rings. The molecule has 0 saturated heterocycles. The minimum atomic E-state index is -3.82.